The fraction of sp³-hybridized carbons (Fsp3) is 0.267. The summed E-state index contributed by atoms with van der Waals surface area (Å²) in [5.41, 5.74) is 1.70. The summed E-state index contributed by atoms with van der Waals surface area (Å²) in [4.78, 5) is 25.9. The van der Waals surface area contributed by atoms with E-state index in [-0.39, 0.29) is 17.6 Å². The maximum Gasteiger partial charge on any atom is 0.269 e. The van der Waals surface area contributed by atoms with E-state index < -0.39 is 4.92 Å². The van der Waals surface area contributed by atoms with Gasteiger partial charge < -0.3 is 4.90 Å². The summed E-state index contributed by atoms with van der Waals surface area (Å²) in [7, 11) is 0. The third kappa shape index (κ3) is 2.42. The van der Waals surface area contributed by atoms with E-state index in [9.17, 15) is 14.9 Å². The van der Waals surface area contributed by atoms with Crippen molar-refractivity contribution >= 4 is 22.9 Å². The van der Waals surface area contributed by atoms with Crippen LogP contribution in [0.25, 0.3) is 0 Å². The van der Waals surface area contributed by atoms with Crippen molar-refractivity contribution in [2.45, 2.75) is 19.4 Å². The average Bonchev–Trinajstić information content (AvgIpc) is 2.96. The van der Waals surface area contributed by atoms with Crippen molar-refractivity contribution in [1.29, 1.82) is 0 Å². The molecule has 1 aliphatic heterocycles. The summed E-state index contributed by atoms with van der Waals surface area (Å²) >= 11 is 1.73. The Kier molecular flexibility index (Phi) is 3.47. The van der Waals surface area contributed by atoms with Crippen LogP contribution in [-0.4, -0.2) is 22.3 Å². The minimum atomic E-state index is -0.463. The molecule has 1 aliphatic rings. The predicted octanol–water partition coefficient (Wildman–Crippen LogP) is 3.42. The van der Waals surface area contributed by atoms with Crippen LogP contribution in [-0.2, 0) is 6.42 Å². The summed E-state index contributed by atoms with van der Waals surface area (Å²) in [5.74, 6) is -0.0748. The number of amides is 1. The highest BCUT2D eigenvalue weighted by Gasteiger charge is 2.29. The van der Waals surface area contributed by atoms with Crippen molar-refractivity contribution in [2.75, 3.05) is 6.54 Å². The molecule has 0 fully saturated rings. The topological polar surface area (TPSA) is 63.5 Å². The first-order valence-corrected chi connectivity index (χ1v) is 7.57. The zero-order chi connectivity index (χ0) is 15.0. The van der Waals surface area contributed by atoms with Crippen LogP contribution in [0.1, 0.15) is 33.8 Å². The fourth-order valence-electron chi connectivity index (χ4n) is 2.68. The molecule has 2 heterocycles. The first kappa shape index (κ1) is 13.8. The lowest BCUT2D eigenvalue weighted by Crippen LogP contribution is -2.38. The van der Waals surface area contributed by atoms with Crippen LogP contribution in [0.5, 0.6) is 0 Å². The van der Waals surface area contributed by atoms with Crippen molar-refractivity contribution in [1.82, 2.24) is 4.90 Å². The van der Waals surface area contributed by atoms with Crippen LogP contribution in [0.3, 0.4) is 0 Å². The minimum absolute atomic E-state index is 0.00152. The molecule has 0 bridgehead atoms. The van der Waals surface area contributed by atoms with Gasteiger partial charge in [0.15, 0.2) is 0 Å². The second kappa shape index (κ2) is 5.29. The number of nitrogens with zero attached hydrogens (tertiary/aromatic N) is 2. The highest BCUT2D eigenvalue weighted by Crippen LogP contribution is 2.33. The molecule has 3 rings (SSSR count). The van der Waals surface area contributed by atoms with Crippen molar-refractivity contribution in [3.05, 3.63) is 61.8 Å². The van der Waals surface area contributed by atoms with Crippen molar-refractivity contribution in [2.24, 2.45) is 0 Å². The molecule has 0 saturated carbocycles. The van der Waals surface area contributed by atoms with Gasteiger partial charge in [0.2, 0.25) is 0 Å². The molecule has 0 radical (unpaired) electrons. The molecule has 1 aromatic carbocycles. The number of benzene rings is 1. The van der Waals surface area contributed by atoms with Gasteiger partial charge in [0, 0.05) is 29.1 Å². The molecular weight excluding hydrogens is 288 g/mol. The van der Waals surface area contributed by atoms with Crippen molar-refractivity contribution < 1.29 is 9.72 Å². The van der Waals surface area contributed by atoms with Gasteiger partial charge in [-0.05, 0) is 42.5 Å². The van der Waals surface area contributed by atoms with E-state index in [1.54, 1.807) is 11.3 Å². The SMILES string of the molecule is C[C@@H]1c2ccsc2CCN1C(=O)c1ccc([N+](=O)[O-])cc1. The molecule has 0 spiro atoms. The predicted molar refractivity (Wildman–Crippen MR) is 80.6 cm³/mol. The maximum atomic E-state index is 12.6. The molecule has 5 nitrogen and oxygen atoms in total. The Labute approximate surface area is 126 Å². The lowest BCUT2D eigenvalue weighted by Gasteiger charge is -2.33. The van der Waals surface area contributed by atoms with Crippen LogP contribution in [0.15, 0.2) is 35.7 Å². The third-order valence-corrected chi connectivity index (χ3v) is 4.86. The van der Waals surface area contributed by atoms with E-state index in [1.807, 2.05) is 11.8 Å². The van der Waals surface area contributed by atoms with E-state index in [4.69, 9.17) is 0 Å². The smallest absolute Gasteiger partial charge is 0.269 e. The number of nitro benzene ring substituents is 1. The van der Waals surface area contributed by atoms with Crippen LogP contribution < -0.4 is 0 Å². The molecular formula is C15H14N2O3S. The van der Waals surface area contributed by atoms with Gasteiger partial charge in [0.1, 0.15) is 0 Å². The van der Waals surface area contributed by atoms with E-state index >= 15 is 0 Å². The molecule has 0 saturated heterocycles. The summed E-state index contributed by atoms with van der Waals surface area (Å²) in [6, 6.07) is 7.91. The van der Waals surface area contributed by atoms with Gasteiger partial charge in [-0.25, -0.2) is 0 Å². The first-order chi connectivity index (χ1) is 10.1. The Balaban J connectivity index is 1.84. The summed E-state index contributed by atoms with van der Waals surface area (Å²) < 4.78 is 0. The largest absolute Gasteiger partial charge is 0.331 e. The van der Waals surface area contributed by atoms with E-state index in [1.165, 1.54) is 34.7 Å². The number of hydrogen-bond acceptors (Lipinski definition) is 4. The summed E-state index contributed by atoms with van der Waals surface area (Å²) in [6.45, 7) is 2.71. The molecule has 2 aromatic rings. The van der Waals surface area contributed by atoms with Gasteiger partial charge in [-0.2, -0.15) is 0 Å². The molecule has 6 heteroatoms. The van der Waals surface area contributed by atoms with Crippen LogP contribution in [0.4, 0.5) is 5.69 Å². The van der Waals surface area contributed by atoms with E-state index in [2.05, 4.69) is 11.4 Å². The molecule has 1 amide bonds. The van der Waals surface area contributed by atoms with Gasteiger partial charge >= 0.3 is 0 Å². The van der Waals surface area contributed by atoms with Crippen molar-refractivity contribution in [3.8, 4) is 0 Å². The quantitative estimate of drug-likeness (QED) is 0.630. The fourth-order valence-corrected chi connectivity index (χ4v) is 3.64. The second-order valence-corrected chi connectivity index (χ2v) is 6.03. The number of carbonyl (C=O) groups is 1. The lowest BCUT2D eigenvalue weighted by atomic mass is 10.0. The van der Waals surface area contributed by atoms with Gasteiger partial charge in [0.25, 0.3) is 11.6 Å². The van der Waals surface area contributed by atoms with Crippen LogP contribution in [0.2, 0.25) is 0 Å². The number of nitro groups is 1. The van der Waals surface area contributed by atoms with Gasteiger partial charge in [-0.1, -0.05) is 0 Å². The average molecular weight is 302 g/mol. The molecule has 0 unspecified atom stereocenters. The van der Waals surface area contributed by atoms with Crippen molar-refractivity contribution in [3.63, 3.8) is 0 Å². The van der Waals surface area contributed by atoms with Gasteiger partial charge in [-0.15, -0.1) is 11.3 Å². The molecule has 21 heavy (non-hydrogen) atoms. The monoisotopic (exact) mass is 302 g/mol. The lowest BCUT2D eigenvalue weighted by molar-refractivity contribution is -0.384. The molecule has 0 N–H and O–H groups in total. The normalized spacial score (nSPS) is 17.4. The number of rotatable bonds is 2. The van der Waals surface area contributed by atoms with E-state index in [0.717, 1.165) is 6.42 Å². The Morgan fingerprint density at radius 1 is 1.33 bits per heavy atom. The molecule has 1 aromatic heterocycles. The summed E-state index contributed by atoms with van der Waals surface area (Å²) in [5, 5.41) is 12.7. The van der Waals surface area contributed by atoms with Gasteiger partial charge in [-0.3, -0.25) is 14.9 Å². The Bertz CT molecular complexity index is 693. The zero-order valence-electron chi connectivity index (χ0n) is 11.5. The third-order valence-electron chi connectivity index (χ3n) is 3.86. The number of carbonyl (C=O) groups excluding carboxylic acids is 1. The summed E-state index contributed by atoms with van der Waals surface area (Å²) in [6.07, 6.45) is 0.871. The second-order valence-electron chi connectivity index (χ2n) is 5.03. The molecule has 0 aliphatic carbocycles. The van der Waals surface area contributed by atoms with Crippen LogP contribution >= 0.6 is 11.3 Å². The molecule has 108 valence electrons. The first-order valence-electron chi connectivity index (χ1n) is 6.69. The minimum Gasteiger partial charge on any atom is -0.331 e. The number of hydrogen-bond donors (Lipinski definition) is 0. The number of thiophene rings is 1. The van der Waals surface area contributed by atoms with E-state index in [0.29, 0.717) is 12.1 Å². The highest BCUT2D eigenvalue weighted by molar-refractivity contribution is 7.10. The highest BCUT2D eigenvalue weighted by atomic mass is 32.1. The van der Waals surface area contributed by atoms with Gasteiger partial charge in [0.05, 0.1) is 11.0 Å². The number of fused-ring (bicyclic) bond motifs is 1. The standard InChI is InChI=1S/C15H14N2O3S/c1-10-13-7-9-21-14(13)6-8-16(10)15(18)11-2-4-12(5-3-11)17(19)20/h2-5,7,9-10H,6,8H2,1H3/t10-/m1/s1. The van der Waals surface area contributed by atoms with Crippen LogP contribution in [0, 0.1) is 10.1 Å². The Hall–Kier alpha value is -2.21. The molecule has 1 atom stereocenters. The number of non-ortho nitro benzene ring substituents is 1. The Morgan fingerprint density at radius 3 is 2.71 bits per heavy atom. The zero-order valence-corrected chi connectivity index (χ0v) is 12.3. The Morgan fingerprint density at radius 2 is 2.05 bits per heavy atom. The maximum absolute atomic E-state index is 12.6.